The van der Waals surface area contributed by atoms with E-state index in [4.69, 9.17) is 0 Å². The standard InChI is InChI=1S/C38H22F8/c1-19-13-23(26-16-24(21-9-5-3-6-10-21)15-25(17-26)22-11-7-4-8-12-22)18-27(14-19)28-33(41)37(45)30(38(46)34(28)42)29-35(43)31(39)20(2)32(40)36(29)44/h3-18H,1-2H3. The summed E-state index contributed by atoms with van der Waals surface area (Å²) in [6.45, 7) is 2.32. The molecule has 46 heavy (non-hydrogen) atoms. The maximum Gasteiger partial charge on any atom is 0.170 e. The van der Waals surface area contributed by atoms with Gasteiger partial charge in [0.1, 0.15) is 0 Å². The van der Waals surface area contributed by atoms with E-state index < -0.39 is 68.8 Å². The Bertz CT molecular complexity index is 2020. The van der Waals surface area contributed by atoms with Crippen molar-refractivity contribution in [3.63, 3.8) is 0 Å². The molecule has 0 nitrogen and oxygen atoms in total. The van der Waals surface area contributed by atoms with Crippen molar-refractivity contribution in [2.24, 2.45) is 0 Å². The van der Waals surface area contributed by atoms with Gasteiger partial charge in [0.05, 0.1) is 16.7 Å². The second kappa shape index (κ2) is 11.9. The molecule has 0 amide bonds. The highest BCUT2D eigenvalue weighted by atomic mass is 19.2. The fourth-order valence-corrected chi connectivity index (χ4v) is 5.55. The molecular formula is C38H22F8. The normalized spacial score (nSPS) is 11.3. The van der Waals surface area contributed by atoms with Gasteiger partial charge in [-0.15, -0.1) is 0 Å². The Morgan fingerprint density at radius 2 is 0.609 bits per heavy atom. The Labute approximate surface area is 259 Å². The van der Waals surface area contributed by atoms with Crippen LogP contribution in [0.1, 0.15) is 11.1 Å². The Balaban J connectivity index is 1.56. The lowest BCUT2D eigenvalue weighted by Gasteiger charge is -2.16. The third-order valence-corrected chi connectivity index (χ3v) is 7.84. The van der Waals surface area contributed by atoms with Gasteiger partial charge in [-0.25, -0.2) is 35.1 Å². The van der Waals surface area contributed by atoms with Crippen LogP contribution < -0.4 is 0 Å². The first kappa shape index (κ1) is 30.8. The first-order valence-electron chi connectivity index (χ1n) is 14.0. The van der Waals surface area contributed by atoms with Crippen molar-refractivity contribution in [3.05, 3.63) is 155 Å². The molecule has 0 unspecified atom stereocenters. The average Bonchev–Trinajstić information content (AvgIpc) is 3.07. The quantitative estimate of drug-likeness (QED) is 0.131. The molecule has 0 bridgehead atoms. The Hall–Kier alpha value is -5.24. The van der Waals surface area contributed by atoms with Crippen molar-refractivity contribution in [2.75, 3.05) is 0 Å². The second-order valence-electron chi connectivity index (χ2n) is 10.9. The lowest BCUT2D eigenvalue weighted by Crippen LogP contribution is -2.09. The van der Waals surface area contributed by atoms with Crippen molar-refractivity contribution in [1.29, 1.82) is 0 Å². The third kappa shape index (κ3) is 5.23. The van der Waals surface area contributed by atoms with Gasteiger partial charge in [-0.3, -0.25) is 0 Å². The zero-order chi connectivity index (χ0) is 32.9. The van der Waals surface area contributed by atoms with Crippen molar-refractivity contribution in [2.45, 2.75) is 13.8 Å². The van der Waals surface area contributed by atoms with Crippen LogP contribution in [0, 0.1) is 60.4 Å². The van der Waals surface area contributed by atoms with Gasteiger partial charge >= 0.3 is 0 Å². The molecule has 0 spiro atoms. The fraction of sp³-hybridized carbons (Fsp3) is 0.0526. The van der Waals surface area contributed by atoms with Crippen LogP contribution >= 0.6 is 0 Å². The van der Waals surface area contributed by atoms with Gasteiger partial charge in [0.2, 0.25) is 0 Å². The molecule has 8 heteroatoms. The van der Waals surface area contributed by atoms with E-state index in [1.54, 1.807) is 13.0 Å². The van der Waals surface area contributed by atoms with Gasteiger partial charge in [-0.2, -0.15) is 0 Å². The zero-order valence-corrected chi connectivity index (χ0v) is 24.3. The van der Waals surface area contributed by atoms with Crippen LogP contribution in [-0.4, -0.2) is 0 Å². The lowest BCUT2D eigenvalue weighted by molar-refractivity contribution is 0.438. The highest BCUT2D eigenvalue weighted by Gasteiger charge is 2.33. The zero-order valence-electron chi connectivity index (χ0n) is 24.3. The second-order valence-corrected chi connectivity index (χ2v) is 10.9. The highest BCUT2D eigenvalue weighted by Crippen LogP contribution is 2.42. The number of aryl methyl sites for hydroxylation is 1. The largest absolute Gasteiger partial charge is 0.203 e. The smallest absolute Gasteiger partial charge is 0.170 e. The molecule has 6 aromatic carbocycles. The lowest BCUT2D eigenvalue weighted by atomic mass is 9.90. The number of benzene rings is 6. The molecule has 0 radical (unpaired) electrons. The van der Waals surface area contributed by atoms with E-state index in [1.807, 2.05) is 78.9 Å². The molecule has 0 atom stereocenters. The molecule has 6 aromatic rings. The van der Waals surface area contributed by atoms with E-state index in [2.05, 4.69) is 0 Å². The minimum absolute atomic E-state index is 0.275. The monoisotopic (exact) mass is 630 g/mol. The summed E-state index contributed by atoms with van der Waals surface area (Å²) in [5.41, 5.74) is -1.31. The number of rotatable bonds is 5. The predicted molar refractivity (Wildman–Crippen MR) is 163 cm³/mol. The van der Waals surface area contributed by atoms with E-state index >= 15 is 17.6 Å². The van der Waals surface area contributed by atoms with Gasteiger partial charge in [0.15, 0.2) is 46.5 Å². The molecule has 0 N–H and O–H groups in total. The molecule has 230 valence electrons. The molecule has 0 heterocycles. The number of hydrogen-bond acceptors (Lipinski definition) is 0. The van der Waals surface area contributed by atoms with Gasteiger partial charge in [-0.05, 0) is 82.6 Å². The van der Waals surface area contributed by atoms with Gasteiger partial charge in [0, 0.05) is 5.56 Å². The van der Waals surface area contributed by atoms with Gasteiger partial charge < -0.3 is 0 Å². The molecule has 0 saturated carbocycles. The number of hydrogen-bond donors (Lipinski definition) is 0. The molecular weight excluding hydrogens is 608 g/mol. The summed E-state index contributed by atoms with van der Waals surface area (Å²) in [5.74, 6) is -16.7. The average molecular weight is 631 g/mol. The van der Waals surface area contributed by atoms with Crippen molar-refractivity contribution >= 4 is 0 Å². The van der Waals surface area contributed by atoms with E-state index in [1.165, 1.54) is 12.1 Å². The van der Waals surface area contributed by atoms with E-state index in [-0.39, 0.29) is 5.56 Å². The maximum atomic E-state index is 15.6. The van der Waals surface area contributed by atoms with Crippen LogP contribution in [0.4, 0.5) is 35.1 Å². The highest BCUT2D eigenvalue weighted by molar-refractivity contribution is 5.84. The summed E-state index contributed by atoms with van der Waals surface area (Å²) < 4.78 is 120. The van der Waals surface area contributed by atoms with E-state index in [0.29, 0.717) is 23.6 Å². The van der Waals surface area contributed by atoms with Gasteiger partial charge in [0.25, 0.3) is 0 Å². The summed E-state index contributed by atoms with van der Waals surface area (Å²) in [6, 6.07) is 29.0. The van der Waals surface area contributed by atoms with Crippen LogP contribution in [0.2, 0.25) is 0 Å². The topological polar surface area (TPSA) is 0 Å². The summed E-state index contributed by atoms with van der Waals surface area (Å²) in [7, 11) is 0. The molecule has 0 aromatic heterocycles. The fourth-order valence-electron chi connectivity index (χ4n) is 5.55. The van der Waals surface area contributed by atoms with Crippen molar-refractivity contribution < 1.29 is 35.1 Å². The molecule has 0 aliphatic rings. The van der Waals surface area contributed by atoms with Gasteiger partial charge in [-0.1, -0.05) is 72.8 Å². The first-order chi connectivity index (χ1) is 22.0. The SMILES string of the molecule is Cc1cc(-c2cc(-c3ccccc3)cc(-c3ccccc3)c2)cc(-c2c(F)c(F)c(-c3c(F)c(F)c(C)c(F)c3F)c(F)c2F)c1. The molecule has 6 rings (SSSR count). The van der Waals surface area contributed by atoms with Crippen LogP contribution in [0.25, 0.3) is 55.6 Å². The maximum absolute atomic E-state index is 15.6. The molecule has 0 aliphatic carbocycles. The van der Waals surface area contributed by atoms with E-state index in [0.717, 1.165) is 22.3 Å². The third-order valence-electron chi connectivity index (χ3n) is 7.84. The molecule has 0 aliphatic heterocycles. The molecule has 0 saturated heterocycles. The first-order valence-corrected chi connectivity index (χ1v) is 14.0. The van der Waals surface area contributed by atoms with Crippen molar-refractivity contribution in [3.8, 4) is 55.6 Å². The van der Waals surface area contributed by atoms with Crippen LogP contribution in [0.5, 0.6) is 0 Å². The summed E-state index contributed by atoms with van der Waals surface area (Å²) in [6.07, 6.45) is 0. The van der Waals surface area contributed by atoms with Crippen LogP contribution in [0.3, 0.4) is 0 Å². The summed E-state index contributed by atoms with van der Waals surface area (Å²) >= 11 is 0. The Morgan fingerprint density at radius 1 is 0.304 bits per heavy atom. The van der Waals surface area contributed by atoms with E-state index in [9.17, 15) is 17.6 Å². The minimum Gasteiger partial charge on any atom is -0.203 e. The predicted octanol–water partition coefficient (Wildman–Crippen LogP) is 11.8. The van der Waals surface area contributed by atoms with Crippen LogP contribution in [0.15, 0.2) is 97.1 Å². The number of halogens is 8. The van der Waals surface area contributed by atoms with Crippen molar-refractivity contribution in [1.82, 2.24) is 0 Å². The summed E-state index contributed by atoms with van der Waals surface area (Å²) in [4.78, 5) is 0. The Morgan fingerprint density at radius 3 is 1.04 bits per heavy atom. The molecule has 0 fully saturated rings. The minimum atomic E-state index is -2.21. The van der Waals surface area contributed by atoms with Crippen LogP contribution in [-0.2, 0) is 0 Å². The Kier molecular flexibility index (Phi) is 7.98. The summed E-state index contributed by atoms with van der Waals surface area (Å²) in [5, 5.41) is 0.